The molecule has 4 aliphatic heterocycles. The number of esters is 2. The number of hydrogen-bond acceptors (Lipinski definition) is 12. The lowest BCUT2D eigenvalue weighted by atomic mass is 9.72. The van der Waals surface area contributed by atoms with Gasteiger partial charge < -0.3 is 38.4 Å². The van der Waals surface area contributed by atoms with E-state index in [9.17, 15) is 19.5 Å². The fourth-order valence-corrected chi connectivity index (χ4v) is 8.96. The Morgan fingerprint density at radius 2 is 1.76 bits per heavy atom. The van der Waals surface area contributed by atoms with E-state index in [2.05, 4.69) is 13.8 Å². The van der Waals surface area contributed by atoms with Crippen LogP contribution in [0.1, 0.15) is 88.5 Å². The van der Waals surface area contributed by atoms with E-state index in [1.807, 2.05) is 60.5 Å². The Hall–Kier alpha value is -2.32. The van der Waals surface area contributed by atoms with Gasteiger partial charge in [-0.3, -0.25) is 19.5 Å². The molecule has 1 N–H and O–H groups in total. The molecular weight excluding hydrogens is 634 g/mol. The molecule has 280 valence electrons. The minimum Gasteiger partial charge on any atom is -0.458 e. The number of nitrogens with zero attached hydrogens (tertiary/aromatic N) is 3. The lowest BCUT2D eigenvalue weighted by molar-refractivity contribution is -0.303. The Morgan fingerprint density at radius 1 is 1.10 bits per heavy atom. The Balaban J connectivity index is 1.85. The van der Waals surface area contributed by atoms with Gasteiger partial charge in [0.1, 0.15) is 6.10 Å². The summed E-state index contributed by atoms with van der Waals surface area (Å²) in [5.41, 5.74) is -1.30. The zero-order valence-corrected chi connectivity index (χ0v) is 31.8. The van der Waals surface area contributed by atoms with Gasteiger partial charge in [-0.1, -0.05) is 27.7 Å². The Labute approximate surface area is 292 Å². The minimum atomic E-state index is -1.23. The van der Waals surface area contributed by atoms with Crippen LogP contribution in [0.25, 0.3) is 0 Å². The second-order valence-corrected chi connectivity index (χ2v) is 15.6. The van der Waals surface area contributed by atoms with Gasteiger partial charge >= 0.3 is 18.0 Å². The van der Waals surface area contributed by atoms with E-state index in [1.54, 1.807) is 18.9 Å². The number of amides is 1. The standard InChI is InChI=1S/C36H61N3O10/c1-14-26-36(10)30-21(5)27(37-19(3)17-39(30)34(43)49-36)18(2)16-35(9,44-13)31(22(6)28(41)23(7)32(42)47-26)48-33-29(46-24(8)40)25(38(11)12)15-20(4)45-33/h18-23,25-26,28-31,33,41H,14-17H2,1-13H3/t18-,19-,20-,21+,22+,23-,25+,26-,28+,29-,30-,31-,33+,35-,36-/m1/s1. The molecule has 49 heavy (non-hydrogen) atoms. The zero-order valence-electron chi connectivity index (χ0n) is 31.8. The second kappa shape index (κ2) is 15.1. The van der Waals surface area contributed by atoms with Crippen LogP contribution in [0, 0.1) is 23.7 Å². The number of fused-ring (bicyclic) bond motifs is 1. The van der Waals surface area contributed by atoms with Gasteiger partial charge in [-0.15, -0.1) is 0 Å². The number of hydrogen-bond donors (Lipinski definition) is 1. The molecule has 4 rings (SSSR count). The van der Waals surface area contributed by atoms with E-state index < -0.39 is 77.8 Å². The number of likely N-dealkylation sites (N-methyl/N-ethyl adjacent to an activating group) is 1. The molecule has 0 aromatic heterocycles. The lowest BCUT2D eigenvalue weighted by Gasteiger charge is -2.49. The summed E-state index contributed by atoms with van der Waals surface area (Å²) in [5, 5.41) is 11.9. The van der Waals surface area contributed by atoms with Gasteiger partial charge in [0.25, 0.3) is 0 Å². The Kier molecular flexibility index (Phi) is 12.2. The van der Waals surface area contributed by atoms with Crippen molar-refractivity contribution in [2.24, 2.45) is 28.7 Å². The minimum absolute atomic E-state index is 0.161. The Morgan fingerprint density at radius 3 is 2.33 bits per heavy atom. The lowest BCUT2D eigenvalue weighted by Crippen LogP contribution is -2.61. The van der Waals surface area contributed by atoms with Crippen molar-refractivity contribution in [1.82, 2.24) is 9.80 Å². The van der Waals surface area contributed by atoms with Crippen LogP contribution in [-0.4, -0.2) is 133 Å². The molecule has 13 nitrogen and oxygen atoms in total. The highest BCUT2D eigenvalue weighted by molar-refractivity contribution is 5.91. The molecule has 3 saturated heterocycles. The summed E-state index contributed by atoms with van der Waals surface area (Å²) in [4.78, 5) is 48.6. The van der Waals surface area contributed by atoms with E-state index in [-0.39, 0.29) is 30.0 Å². The molecule has 0 spiro atoms. The third kappa shape index (κ3) is 7.66. The van der Waals surface area contributed by atoms with Gasteiger partial charge in [-0.2, -0.15) is 0 Å². The average Bonchev–Trinajstić information content (AvgIpc) is 3.18. The Bertz CT molecular complexity index is 1250. The largest absolute Gasteiger partial charge is 0.458 e. The van der Waals surface area contributed by atoms with E-state index in [0.717, 1.165) is 5.71 Å². The number of carbonyl (C=O) groups excluding carboxylic acids is 3. The summed E-state index contributed by atoms with van der Waals surface area (Å²) in [7, 11) is 5.45. The fraction of sp³-hybridized carbons (Fsp3) is 0.889. The number of aliphatic imine (C=N–C) groups is 1. The highest BCUT2D eigenvalue weighted by Gasteiger charge is 2.61. The summed E-state index contributed by atoms with van der Waals surface area (Å²) in [6.45, 7) is 18.9. The summed E-state index contributed by atoms with van der Waals surface area (Å²) in [5.74, 6) is -3.13. The maximum absolute atomic E-state index is 13.9. The number of ether oxygens (including phenoxy) is 6. The highest BCUT2D eigenvalue weighted by atomic mass is 16.7. The molecule has 0 unspecified atom stereocenters. The van der Waals surface area contributed by atoms with Crippen molar-refractivity contribution < 1.29 is 47.9 Å². The van der Waals surface area contributed by atoms with Crippen molar-refractivity contribution in [3.63, 3.8) is 0 Å². The van der Waals surface area contributed by atoms with Gasteiger partial charge in [-0.25, -0.2) is 4.79 Å². The van der Waals surface area contributed by atoms with Crippen LogP contribution in [0.4, 0.5) is 4.79 Å². The fourth-order valence-electron chi connectivity index (χ4n) is 8.96. The number of carbonyl (C=O) groups is 3. The van der Waals surface area contributed by atoms with Gasteiger partial charge in [0.05, 0.1) is 48.0 Å². The first-order valence-electron chi connectivity index (χ1n) is 17.9. The predicted octanol–water partition coefficient (Wildman–Crippen LogP) is 3.83. The quantitative estimate of drug-likeness (QED) is 0.320. The van der Waals surface area contributed by atoms with Gasteiger partial charge in [-0.05, 0) is 73.9 Å². The van der Waals surface area contributed by atoms with E-state index in [1.165, 1.54) is 6.92 Å². The maximum Gasteiger partial charge on any atom is 0.411 e. The van der Waals surface area contributed by atoms with Crippen molar-refractivity contribution in [2.75, 3.05) is 27.7 Å². The number of aliphatic hydroxyl groups is 1. The number of rotatable bonds is 6. The van der Waals surface area contributed by atoms with Crippen molar-refractivity contribution in [3.8, 4) is 0 Å². The van der Waals surface area contributed by atoms with Gasteiger partial charge in [0, 0.05) is 38.1 Å². The third-order valence-electron chi connectivity index (χ3n) is 11.5. The van der Waals surface area contributed by atoms with Crippen LogP contribution in [0.5, 0.6) is 0 Å². The number of cyclic esters (lactones) is 1. The molecule has 2 bridgehead atoms. The van der Waals surface area contributed by atoms with E-state index in [0.29, 0.717) is 25.8 Å². The van der Waals surface area contributed by atoms with Crippen LogP contribution in [0.3, 0.4) is 0 Å². The van der Waals surface area contributed by atoms with Crippen LogP contribution in [-0.2, 0) is 38.0 Å². The average molecular weight is 696 g/mol. The second-order valence-electron chi connectivity index (χ2n) is 15.6. The highest BCUT2D eigenvalue weighted by Crippen LogP contribution is 2.45. The smallest absolute Gasteiger partial charge is 0.411 e. The van der Waals surface area contributed by atoms with Crippen molar-refractivity contribution >= 4 is 23.7 Å². The SMILES string of the molecule is CC[C@H]1OC(=O)[C@H](C)[C@@H](O)[C@H](C)[C@@H](O[C@@H]2O[C@H](C)C[C@H](N(C)C)[C@H]2OC(C)=O)[C@](C)(OC)C[C@@H](C)C2=N[C@H](C)CN3C(=O)O[C@@]1(C)[C@H]3[C@H]2C. The number of methoxy groups -OCH3 is 1. The summed E-state index contributed by atoms with van der Waals surface area (Å²) < 4.78 is 37.7. The molecule has 0 aromatic carbocycles. The molecule has 0 saturated carbocycles. The molecule has 4 heterocycles. The molecule has 0 aromatic rings. The van der Waals surface area contributed by atoms with Crippen molar-refractivity contribution in [3.05, 3.63) is 0 Å². The monoisotopic (exact) mass is 695 g/mol. The topological polar surface area (TPSA) is 146 Å². The molecule has 0 aliphatic carbocycles. The summed E-state index contributed by atoms with van der Waals surface area (Å²) >= 11 is 0. The molecular formula is C36H61N3O10. The van der Waals surface area contributed by atoms with Crippen LogP contribution < -0.4 is 0 Å². The van der Waals surface area contributed by atoms with Crippen LogP contribution >= 0.6 is 0 Å². The zero-order chi connectivity index (χ0) is 36.7. The normalized spacial score (nSPS) is 45.2. The maximum atomic E-state index is 13.9. The first-order valence-corrected chi connectivity index (χ1v) is 17.9. The first kappa shape index (κ1) is 39.5. The van der Waals surface area contributed by atoms with Gasteiger partial charge in [0.2, 0.25) is 0 Å². The van der Waals surface area contributed by atoms with E-state index >= 15 is 0 Å². The molecule has 3 fully saturated rings. The van der Waals surface area contributed by atoms with Crippen molar-refractivity contribution in [1.29, 1.82) is 0 Å². The molecule has 13 heteroatoms. The van der Waals surface area contributed by atoms with E-state index in [4.69, 9.17) is 33.4 Å². The predicted molar refractivity (Wildman–Crippen MR) is 182 cm³/mol. The summed E-state index contributed by atoms with van der Waals surface area (Å²) in [6.07, 6.45) is -3.81. The van der Waals surface area contributed by atoms with Crippen LogP contribution in [0.15, 0.2) is 4.99 Å². The molecule has 0 radical (unpaired) electrons. The molecule has 1 amide bonds. The third-order valence-corrected chi connectivity index (χ3v) is 11.5. The first-order chi connectivity index (χ1) is 22.8. The summed E-state index contributed by atoms with van der Waals surface area (Å²) in [6, 6.07) is -0.846. The number of aliphatic hydroxyl groups excluding tert-OH is 1. The van der Waals surface area contributed by atoms with Gasteiger partial charge in [0.15, 0.2) is 18.0 Å². The van der Waals surface area contributed by atoms with Crippen LogP contribution in [0.2, 0.25) is 0 Å². The molecule has 4 aliphatic rings. The van der Waals surface area contributed by atoms with Crippen molar-refractivity contribution in [2.45, 2.75) is 155 Å². The molecule has 15 atom stereocenters.